The van der Waals surface area contributed by atoms with Crippen LogP contribution in [0.15, 0.2) is 121 Å². The molecule has 2 aliphatic rings. The minimum absolute atomic E-state index is 0. The Morgan fingerprint density at radius 3 is 1.28 bits per heavy atom. The molecular formula is C41H43FeNO2P2. The third-order valence-corrected chi connectivity index (χ3v) is 13.6. The summed E-state index contributed by atoms with van der Waals surface area (Å²) in [6.45, 7) is 4.23. The zero-order chi connectivity index (χ0) is 32.3. The van der Waals surface area contributed by atoms with Gasteiger partial charge in [0, 0.05) is 40.3 Å². The summed E-state index contributed by atoms with van der Waals surface area (Å²) >= 11 is 0. The van der Waals surface area contributed by atoms with Crippen molar-refractivity contribution in [1.29, 1.82) is 0 Å². The Labute approximate surface area is 297 Å². The van der Waals surface area contributed by atoms with Gasteiger partial charge in [-0.2, -0.15) is 0 Å². The number of benzene rings is 4. The molecule has 4 aromatic carbocycles. The van der Waals surface area contributed by atoms with Crippen molar-refractivity contribution in [3.05, 3.63) is 183 Å². The summed E-state index contributed by atoms with van der Waals surface area (Å²) in [5, 5.41) is 24.6. The van der Waals surface area contributed by atoms with Crippen molar-refractivity contribution in [2.45, 2.75) is 25.9 Å². The topological polar surface area (TPSA) is 43.7 Å². The standard InChI is InChI=1S/C23H27NO2P.C18H16P.Fe/c1-18(24(2)19(16-25)17-26)22-14-9-15-23(22)27(20-10-5-3-6-11-20)21-12-7-4-8-13-21;1-15-9-8-14-18(15)19(16-10-4-2-5-11-16)17-12-6-3-7-13-17;/h3-15,18-19,25-26H,16-17H2,1-2H3;2-14H,1H3;/t18-;;/m1../s1. The van der Waals surface area contributed by atoms with Crippen LogP contribution in [0.25, 0.3) is 0 Å². The van der Waals surface area contributed by atoms with Crippen LogP contribution in [0, 0.1) is 61.7 Å². The first-order valence-electron chi connectivity index (χ1n) is 15.8. The number of aliphatic hydroxyl groups excluding tert-OH is 2. The molecule has 0 spiro atoms. The summed E-state index contributed by atoms with van der Waals surface area (Å²) in [6.07, 6.45) is 13.1. The van der Waals surface area contributed by atoms with Crippen molar-refractivity contribution >= 4 is 37.1 Å². The van der Waals surface area contributed by atoms with Gasteiger partial charge in [-0.05, 0) is 95.5 Å². The number of aliphatic hydroxyl groups is 2. The molecule has 0 saturated heterocycles. The summed E-state index contributed by atoms with van der Waals surface area (Å²) < 4.78 is 0. The molecule has 0 heterocycles. The Morgan fingerprint density at radius 2 is 0.915 bits per heavy atom. The van der Waals surface area contributed by atoms with Crippen LogP contribution in [0.5, 0.6) is 0 Å². The number of hydrogen-bond donors (Lipinski definition) is 2. The fraction of sp³-hybridized carbons (Fsp3) is 0.171. The van der Waals surface area contributed by atoms with E-state index in [9.17, 15) is 10.2 Å². The Hall–Kier alpha value is -1.86. The van der Waals surface area contributed by atoms with Gasteiger partial charge in [0.05, 0.1) is 19.3 Å². The average Bonchev–Trinajstić information content (AvgIpc) is 3.77. The molecule has 47 heavy (non-hydrogen) atoms. The molecule has 6 rings (SSSR count). The minimum atomic E-state index is -0.666. The summed E-state index contributed by atoms with van der Waals surface area (Å²) in [7, 11) is 0.868. The SMILES string of the molecule is C[C@H]([C]1[CH][CH][CH][C]1P(c1ccccc1)c1ccccc1)N(C)C(CO)CO.C[C]1[CH][CH][CH][C]1P(c1ccccc1)c1ccccc1.[Fe]. The number of likely N-dealkylation sites (N-methyl/N-ethyl adjacent to an activating group) is 1. The van der Waals surface area contributed by atoms with E-state index in [-0.39, 0.29) is 42.4 Å². The first-order chi connectivity index (χ1) is 22.5. The molecule has 0 bridgehead atoms. The summed E-state index contributed by atoms with van der Waals surface area (Å²) in [4.78, 5) is 2.06. The van der Waals surface area contributed by atoms with Crippen LogP contribution in [0.2, 0.25) is 0 Å². The molecule has 242 valence electrons. The minimum Gasteiger partial charge on any atom is -0.395 e. The van der Waals surface area contributed by atoms with Gasteiger partial charge in [-0.15, -0.1) is 0 Å². The summed E-state index contributed by atoms with van der Waals surface area (Å²) in [5.74, 6) is 2.64. The molecule has 1 atom stereocenters. The van der Waals surface area contributed by atoms with Crippen molar-refractivity contribution in [2.24, 2.45) is 0 Å². The Balaban J connectivity index is 0.000000220. The van der Waals surface area contributed by atoms with E-state index in [0.717, 1.165) is 0 Å². The first kappa shape index (κ1) is 37.9. The van der Waals surface area contributed by atoms with E-state index in [1.165, 1.54) is 44.4 Å². The second-order valence-corrected chi connectivity index (χ2v) is 15.7. The molecule has 2 saturated carbocycles. The van der Waals surface area contributed by atoms with Crippen LogP contribution >= 0.6 is 15.8 Å². The van der Waals surface area contributed by atoms with Gasteiger partial charge in [0.15, 0.2) is 0 Å². The fourth-order valence-corrected chi connectivity index (χ4v) is 10.8. The van der Waals surface area contributed by atoms with E-state index < -0.39 is 15.8 Å². The van der Waals surface area contributed by atoms with Crippen molar-refractivity contribution in [3.8, 4) is 0 Å². The normalized spacial score (nSPS) is 16.9. The van der Waals surface area contributed by atoms with Crippen LogP contribution in [0.3, 0.4) is 0 Å². The summed E-state index contributed by atoms with van der Waals surface area (Å²) in [5.41, 5.74) is 2.80. The van der Waals surface area contributed by atoms with Gasteiger partial charge in [-0.1, -0.05) is 128 Å². The van der Waals surface area contributed by atoms with E-state index >= 15 is 0 Å². The van der Waals surface area contributed by atoms with E-state index in [2.05, 4.69) is 179 Å². The maximum atomic E-state index is 9.58. The van der Waals surface area contributed by atoms with Gasteiger partial charge in [0.2, 0.25) is 0 Å². The third kappa shape index (κ3) is 9.65. The van der Waals surface area contributed by atoms with Crippen LogP contribution < -0.4 is 21.2 Å². The maximum absolute atomic E-state index is 9.58. The van der Waals surface area contributed by atoms with Gasteiger partial charge in [0.1, 0.15) is 0 Å². The van der Waals surface area contributed by atoms with Gasteiger partial charge in [0.25, 0.3) is 0 Å². The number of hydrogen-bond acceptors (Lipinski definition) is 3. The zero-order valence-electron chi connectivity index (χ0n) is 27.2. The molecule has 10 radical (unpaired) electrons. The molecule has 4 aromatic rings. The van der Waals surface area contributed by atoms with Crippen molar-refractivity contribution in [2.75, 3.05) is 20.3 Å². The second-order valence-electron chi connectivity index (χ2n) is 11.3. The quantitative estimate of drug-likeness (QED) is 0.141. The molecule has 0 aromatic heterocycles. The largest absolute Gasteiger partial charge is 0.395 e. The van der Waals surface area contributed by atoms with Crippen molar-refractivity contribution in [3.63, 3.8) is 0 Å². The van der Waals surface area contributed by atoms with Crippen LogP contribution in [-0.2, 0) is 17.1 Å². The van der Waals surface area contributed by atoms with E-state index in [1.54, 1.807) is 0 Å². The number of rotatable bonds is 11. The molecule has 6 heteroatoms. The Bertz CT molecular complexity index is 1330. The van der Waals surface area contributed by atoms with E-state index in [0.29, 0.717) is 0 Å². The molecule has 2 fully saturated rings. The number of nitrogens with zero attached hydrogens (tertiary/aromatic N) is 1. The van der Waals surface area contributed by atoms with Crippen molar-refractivity contribution in [1.82, 2.24) is 4.90 Å². The molecular weight excluding hydrogens is 656 g/mol. The summed E-state index contributed by atoms with van der Waals surface area (Å²) in [6, 6.07) is 42.8. The third-order valence-electron chi connectivity index (χ3n) is 8.43. The predicted octanol–water partition coefficient (Wildman–Crippen LogP) is 6.40. The Morgan fingerprint density at radius 1 is 0.553 bits per heavy atom. The molecule has 2 N–H and O–H groups in total. The van der Waals surface area contributed by atoms with Crippen LogP contribution in [-0.4, -0.2) is 47.5 Å². The van der Waals surface area contributed by atoms with Gasteiger partial charge >= 0.3 is 0 Å². The molecule has 0 amide bonds. The van der Waals surface area contributed by atoms with Gasteiger partial charge in [-0.3, -0.25) is 4.90 Å². The first-order valence-corrected chi connectivity index (χ1v) is 18.4. The van der Waals surface area contributed by atoms with Crippen molar-refractivity contribution < 1.29 is 27.3 Å². The van der Waals surface area contributed by atoms with Crippen LogP contribution in [0.4, 0.5) is 0 Å². The molecule has 0 unspecified atom stereocenters. The van der Waals surface area contributed by atoms with Crippen LogP contribution in [0.1, 0.15) is 13.8 Å². The monoisotopic (exact) mass is 699 g/mol. The molecule has 0 aliphatic heterocycles. The zero-order valence-corrected chi connectivity index (χ0v) is 30.1. The van der Waals surface area contributed by atoms with Gasteiger partial charge in [-0.25, -0.2) is 0 Å². The second kappa shape index (κ2) is 19.4. The Kier molecular flexibility index (Phi) is 15.6. The smallest absolute Gasteiger partial charge is 0.0609 e. The van der Waals surface area contributed by atoms with Gasteiger partial charge < -0.3 is 10.2 Å². The fourth-order valence-electron chi connectivity index (χ4n) is 5.75. The predicted molar refractivity (Wildman–Crippen MR) is 198 cm³/mol. The maximum Gasteiger partial charge on any atom is 0.0609 e. The average molecular weight is 700 g/mol. The van der Waals surface area contributed by atoms with E-state index in [1.807, 2.05) is 7.05 Å². The van der Waals surface area contributed by atoms with E-state index in [4.69, 9.17) is 0 Å². The molecule has 2 aliphatic carbocycles. The molecule has 3 nitrogen and oxygen atoms in total.